The number of carbonyl (C=O) groups is 1. The third-order valence-corrected chi connectivity index (χ3v) is 4.62. The summed E-state index contributed by atoms with van der Waals surface area (Å²) in [4.78, 5) is 17.0. The van der Waals surface area contributed by atoms with Crippen molar-refractivity contribution in [2.75, 3.05) is 38.5 Å². The van der Waals surface area contributed by atoms with Crippen LogP contribution in [0.1, 0.15) is 30.1 Å². The molecule has 0 radical (unpaired) electrons. The van der Waals surface area contributed by atoms with Crippen molar-refractivity contribution in [3.8, 4) is 0 Å². The number of benzene rings is 1. The molecular formula is C17H25N3O2. The molecule has 2 saturated heterocycles. The lowest BCUT2D eigenvalue weighted by atomic mass is 10.1. The van der Waals surface area contributed by atoms with Crippen molar-refractivity contribution in [3.63, 3.8) is 0 Å². The molecule has 2 atom stereocenters. The molecule has 5 heteroatoms. The van der Waals surface area contributed by atoms with Gasteiger partial charge >= 0.3 is 0 Å². The molecule has 0 spiro atoms. The van der Waals surface area contributed by atoms with Crippen LogP contribution in [-0.2, 0) is 4.74 Å². The van der Waals surface area contributed by atoms with Crippen LogP contribution in [0.25, 0.3) is 0 Å². The number of rotatable bonds is 3. The highest BCUT2D eigenvalue weighted by Gasteiger charge is 2.29. The van der Waals surface area contributed by atoms with Gasteiger partial charge in [-0.15, -0.1) is 0 Å². The molecule has 1 unspecified atom stereocenters. The minimum absolute atomic E-state index is 0.101. The van der Waals surface area contributed by atoms with E-state index in [0.717, 1.165) is 32.8 Å². The van der Waals surface area contributed by atoms with Gasteiger partial charge in [0.05, 0.1) is 6.10 Å². The maximum atomic E-state index is 12.6. The molecule has 0 aliphatic carbocycles. The number of piperazine rings is 1. The first-order valence-corrected chi connectivity index (χ1v) is 8.14. The molecule has 0 bridgehead atoms. The quantitative estimate of drug-likeness (QED) is 0.862. The third kappa shape index (κ3) is 3.42. The first-order chi connectivity index (χ1) is 10.6. The predicted molar refractivity (Wildman–Crippen MR) is 86.8 cm³/mol. The van der Waals surface area contributed by atoms with Gasteiger partial charge in [0.1, 0.15) is 0 Å². The van der Waals surface area contributed by atoms with E-state index in [1.165, 1.54) is 12.8 Å². The molecule has 3 rings (SSSR count). The maximum Gasteiger partial charge on any atom is 0.254 e. The molecule has 5 nitrogen and oxygen atoms in total. The molecule has 1 aromatic carbocycles. The van der Waals surface area contributed by atoms with Crippen LogP contribution in [0.15, 0.2) is 24.3 Å². The van der Waals surface area contributed by atoms with Gasteiger partial charge in [0.25, 0.3) is 5.91 Å². The summed E-state index contributed by atoms with van der Waals surface area (Å²) in [5, 5.41) is 0. The fourth-order valence-electron chi connectivity index (χ4n) is 3.37. The first-order valence-electron chi connectivity index (χ1n) is 8.14. The zero-order valence-electron chi connectivity index (χ0n) is 13.2. The smallest absolute Gasteiger partial charge is 0.254 e. The third-order valence-electron chi connectivity index (χ3n) is 4.62. The molecule has 1 aromatic rings. The number of nitrogens with zero attached hydrogens (tertiary/aromatic N) is 2. The largest absolute Gasteiger partial charge is 0.399 e. The van der Waals surface area contributed by atoms with Crippen molar-refractivity contribution in [1.29, 1.82) is 0 Å². The summed E-state index contributed by atoms with van der Waals surface area (Å²) in [6, 6.07) is 7.41. The normalized spacial score (nSPS) is 26.3. The van der Waals surface area contributed by atoms with Gasteiger partial charge in [-0.1, -0.05) is 0 Å². The molecule has 0 saturated carbocycles. The molecule has 0 aromatic heterocycles. The van der Waals surface area contributed by atoms with Crippen molar-refractivity contribution in [1.82, 2.24) is 9.80 Å². The van der Waals surface area contributed by atoms with E-state index >= 15 is 0 Å². The van der Waals surface area contributed by atoms with Crippen LogP contribution in [0.2, 0.25) is 0 Å². The van der Waals surface area contributed by atoms with E-state index in [9.17, 15) is 4.79 Å². The van der Waals surface area contributed by atoms with E-state index in [4.69, 9.17) is 10.5 Å². The maximum absolute atomic E-state index is 12.6. The summed E-state index contributed by atoms with van der Waals surface area (Å²) in [5.74, 6) is 0.101. The molecule has 1 amide bonds. The molecular weight excluding hydrogens is 278 g/mol. The number of hydrogen-bond acceptors (Lipinski definition) is 4. The average molecular weight is 303 g/mol. The van der Waals surface area contributed by atoms with Crippen LogP contribution in [0.4, 0.5) is 5.69 Å². The minimum atomic E-state index is 0.101. The predicted octanol–water partition coefficient (Wildman–Crippen LogP) is 1.59. The summed E-state index contributed by atoms with van der Waals surface area (Å²) in [7, 11) is 0. The summed E-state index contributed by atoms with van der Waals surface area (Å²) >= 11 is 0. The van der Waals surface area contributed by atoms with Gasteiger partial charge in [-0.25, -0.2) is 0 Å². The second-order valence-corrected chi connectivity index (χ2v) is 6.36. The first kappa shape index (κ1) is 15.3. The van der Waals surface area contributed by atoms with Crippen LogP contribution < -0.4 is 5.73 Å². The number of hydrogen-bond donors (Lipinski definition) is 1. The van der Waals surface area contributed by atoms with Gasteiger partial charge in [-0.2, -0.15) is 0 Å². The number of ether oxygens (including phenoxy) is 1. The highest BCUT2D eigenvalue weighted by Crippen LogP contribution is 2.18. The Kier molecular flexibility index (Phi) is 4.64. The SMILES string of the molecule is C[C@H]1CN(CC2CCCO2)CCN1C(=O)c1ccc(N)cc1. The Bertz CT molecular complexity index is 511. The Morgan fingerprint density at radius 3 is 2.73 bits per heavy atom. The fraction of sp³-hybridized carbons (Fsp3) is 0.588. The van der Waals surface area contributed by atoms with Gasteiger partial charge in [0.2, 0.25) is 0 Å². The minimum Gasteiger partial charge on any atom is -0.399 e. The van der Waals surface area contributed by atoms with Crippen molar-refractivity contribution >= 4 is 11.6 Å². The van der Waals surface area contributed by atoms with Crippen LogP contribution >= 0.6 is 0 Å². The number of nitrogens with two attached hydrogens (primary N) is 1. The lowest BCUT2D eigenvalue weighted by Gasteiger charge is -2.40. The second-order valence-electron chi connectivity index (χ2n) is 6.36. The van der Waals surface area contributed by atoms with Crippen LogP contribution in [0, 0.1) is 0 Å². The van der Waals surface area contributed by atoms with Crippen molar-refractivity contribution in [2.45, 2.75) is 31.9 Å². The van der Waals surface area contributed by atoms with E-state index in [-0.39, 0.29) is 11.9 Å². The monoisotopic (exact) mass is 303 g/mol. The molecule has 2 fully saturated rings. The second kappa shape index (κ2) is 6.67. The zero-order chi connectivity index (χ0) is 15.5. The molecule has 120 valence electrons. The molecule has 2 heterocycles. The van der Waals surface area contributed by atoms with Gasteiger partial charge in [0, 0.05) is 50.1 Å². The van der Waals surface area contributed by atoms with E-state index in [0.29, 0.717) is 17.4 Å². The Hall–Kier alpha value is -1.59. The fourth-order valence-corrected chi connectivity index (χ4v) is 3.37. The van der Waals surface area contributed by atoms with Crippen molar-refractivity contribution < 1.29 is 9.53 Å². The van der Waals surface area contributed by atoms with Crippen molar-refractivity contribution in [3.05, 3.63) is 29.8 Å². The molecule has 2 aliphatic heterocycles. The standard InChI is InChI=1S/C17H25N3O2/c1-13-11-19(12-16-3-2-10-22-16)8-9-20(13)17(21)14-4-6-15(18)7-5-14/h4-7,13,16H,2-3,8-12,18H2,1H3/t13-,16?/m0/s1. The molecule has 2 N–H and O–H groups in total. The summed E-state index contributed by atoms with van der Waals surface area (Å²) in [5.41, 5.74) is 7.09. The number of nitrogen functional groups attached to an aromatic ring is 1. The number of carbonyl (C=O) groups excluding carboxylic acids is 1. The van der Waals surface area contributed by atoms with Crippen LogP contribution in [0.5, 0.6) is 0 Å². The Morgan fingerprint density at radius 1 is 1.32 bits per heavy atom. The van der Waals surface area contributed by atoms with Gasteiger partial charge in [0.15, 0.2) is 0 Å². The molecule has 22 heavy (non-hydrogen) atoms. The summed E-state index contributed by atoms with van der Waals surface area (Å²) in [6.07, 6.45) is 2.72. The lowest BCUT2D eigenvalue weighted by molar-refractivity contribution is 0.0279. The molecule has 2 aliphatic rings. The van der Waals surface area contributed by atoms with Gasteiger partial charge in [-0.05, 0) is 44.0 Å². The summed E-state index contributed by atoms with van der Waals surface area (Å²) < 4.78 is 5.71. The lowest BCUT2D eigenvalue weighted by Crippen LogP contribution is -2.55. The number of anilines is 1. The van der Waals surface area contributed by atoms with E-state index in [2.05, 4.69) is 11.8 Å². The topological polar surface area (TPSA) is 58.8 Å². The van der Waals surface area contributed by atoms with Crippen molar-refractivity contribution in [2.24, 2.45) is 0 Å². The Balaban J connectivity index is 1.57. The number of amides is 1. The average Bonchev–Trinajstić information content (AvgIpc) is 3.00. The Morgan fingerprint density at radius 2 is 2.09 bits per heavy atom. The van der Waals surface area contributed by atoms with Gasteiger partial charge in [-0.3, -0.25) is 9.69 Å². The van der Waals surface area contributed by atoms with E-state index < -0.39 is 0 Å². The van der Waals surface area contributed by atoms with Gasteiger partial charge < -0.3 is 15.4 Å². The highest BCUT2D eigenvalue weighted by atomic mass is 16.5. The van der Waals surface area contributed by atoms with Crippen LogP contribution in [0.3, 0.4) is 0 Å². The Labute approximate surface area is 132 Å². The van der Waals surface area contributed by atoms with E-state index in [1.807, 2.05) is 17.0 Å². The van der Waals surface area contributed by atoms with E-state index in [1.54, 1.807) is 12.1 Å². The summed E-state index contributed by atoms with van der Waals surface area (Å²) in [6.45, 7) is 6.63. The highest BCUT2D eigenvalue weighted by molar-refractivity contribution is 5.94. The van der Waals surface area contributed by atoms with Crippen LogP contribution in [-0.4, -0.2) is 60.6 Å². The zero-order valence-corrected chi connectivity index (χ0v) is 13.2.